The maximum atomic E-state index is 9.38. The summed E-state index contributed by atoms with van der Waals surface area (Å²) < 4.78 is 21.7. The van der Waals surface area contributed by atoms with Crippen molar-refractivity contribution in [2.24, 2.45) is 0 Å². The van der Waals surface area contributed by atoms with E-state index in [4.69, 9.17) is 30.5 Å². The molecule has 0 amide bonds. The van der Waals surface area contributed by atoms with Gasteiger partial charge in [0, 0.05) is 29.9 Å². The third kappa shape index (κ3) is 4.83. The maximum Gasteiger partial charge on any atom is 0.191 e. The topological polar surface area (TPSA) is 57.2 Å². The van der Waals surface area contributed by atoms with Crippen LogP contribution in [0.25, 0.3) is 0 Å². The van der Waals surface area contributed by atoms with Crippen LogP contribution in [0.3, 0.4) is 0 Å². The second-order valence-corrected chi connectivity index (χ2v) is 4.34. The molecule has 0 aliphatic carbocycles. The molecule has 114 valence electrons. The average Bonchev–Trinajstić information content (AvgIpc) is 2.45. The summed E-state index contributed by atoms with van der Waals surface area (Å²) in [4.78, 5) is 0. The third-order valence-corrected chi connectivity index (χ3v) is 2.77. The van der Waals surface area contributed by atoms with E-state index in [1.807, 2.05) is 13.8 Å². The number of aliphatic hydroxyl groups is 1. The Morgan fingerprint density at radius 2 is 1.85 bits per heavy atom. The van der Waals surface area contributed by atoms with E-state index in [0.29, 0.717) is 35.3 Å². The molecule has 0 spiro atoms. The Morgan fingerprint density at radius 1 is 1.20 bits per heavy atom. The highest BCUT2D eigenvalue weighted by Gasteiger charge is 2.15. The van der Waals surface area contributed by atoms with Crippen LogP contribution >= 0.6 is 11.6 Å². The monoisotopic (exact) mass is 304 g/mol. The van der Waals surface area contributed by atoms with Crippen molar-refractivity contribution in [3.05, 3.63) is 22.7 Å². The minimum atomic E-state index is -0.461. The molecule has 0 fully saturated rings. The van der Waals surface area contributed by atoms with Gasteiger partial charge < -0.3 is 24.1 Å². The molecule has 20 heavy (non-hydrogen) atoms. The molecule has 0 atom stereocenters. The second kappa shape index (κ2) is 9.02. The first-order chi connectivity index (χ1) is 9.65. The van der Waals surface area contributed by atoms with E-state index in [-0.39, 0.29) is 13.2 Å². The van der Waals surface area contributed by atoms with E-state index >= 15 is 0 Å². The number of halogens is 1. The first-order valence-electron chi connectivity index (χ1n) is 6.49. The molecule has 6 heteroatoms. The van der Waals surface area contributed by atoms with Crippen LogP contribution in [0.2, 0.25) is 5.02 Å². The van der Waals surface area contributed by atoms with Crippen LogP contribution < -0.4 is 9.47 Å². The number of ether oxygens (including phenoxy) is 4. The molecule has 1 aromatic rings. The standard InChI is InChI=1S/C14H21ClO5/c1-4-18-13(19-5-2)9-20-14-10(8-16)6-11(15)7-12(14)17-3/h6-7,13,16H,4-5,8-9H2,1-3H3. The summed E-state index contributed by atoms with van der Waals surface area (Å²) in [6.45, 7) is 4.83. The van der Waals surface area contributed by atoms with E-state index in [2.05, 4.69) is 0 Å². The lowest BCUT2D eigenvalue weighted by Gasteiger charge is -2.20. The zero-order chi connectivity index (χ0) is 15.0. The van der Waals surface area contributed by atoms with Crippen LogP contribution in [0, 0.1) is 0 Å². The fourth-order valence-corrected chi connectivity index (χ4v) is 1.95. The van der Waals surface area contributed by atoms with Crippen molar-refractivity contribution in [1.29, 1.82) is 0 Å². The SMILES string of the molecule is CCOC(COc1c(CO)cc(Cl)cc1OC)OCC. The Balaban J connectivity index is 2.84. The number of aliphatic hydroxyl groups excluding tert-OH is 1. The van der Waals surface area contributed by atoms with Gasteiger partial charge in [0.25, 0.3) is 0 Å². The van der Waals surface area contributed by atoms with E-state index in [0.717, 1.165) is 0 Å². The smallest absolute Gasteiger partial charge is 0.191 e. The first-order valence-corrected chi connectivity index (χ1v) is 6.87. The lowest BCUT2D eigenvalue weighted by molar-refractivity contribution is -0.152. The largest absolute Gasteiger partial charge is 0.493 e. The summed E-state index contributed by atoms with van der Waals surface area (Å²) in [5.41, 5.74) is 0.557. The van der Waals surface area contributed by atoms with Crippen LogP contribution in [-0.4, -0.2) is 38.3 Å². The summed E-state index contributed by atoms with van der Waals surface area (Å²) in [5, 5.41) is 9.85. The Labute approximate surface area is 124 Å². The Bertz CT molecular complexity index is 380. The molecule has 0 saturated heterocycles. The Kier molecular flexibility index (Phi) is 7.69. The zero-order valence-electron chi connectivity index (χ0n) is 12.0. The van der Waals surface area contributed by atoms with Crippen LogP contribution in [0.15, 0.2) is 12.1 Å². The van der Waals surface area contributed by atoms with Gasteiger partial charge in [-0.1, -0.05) is 11.6 Å². The molecule has 0 aromatic heterocycles. The second-order valence-electron chi connectivity index (χ2n) is 3.91. The van der Waals surface area contributed by atoms with Gasteiger partial charge in [0.2, 0.25) is 0 Å². The molecule has 0 heterocycles. The normalized spacial score (nSPS) is 10.9. The predicted octanol–water partition coefficient (Wildman–Crippen LogP) is 2.62. The van der Waals surface area contributed by atoms with Gasteiger partial charge in [0.1, 0.15) is 6.61 Å². The molecule has 0 bridgehead atoms. The quantitative estimate of drug-likeness (QED) is 0.711. The van der Waals surface area contributed by atoms with Crippen LogP contribution in [-0.2, 0) is 16.1 Å². The van der Waals surface area contributed by atoms with E-state index in [1.165, 1.54) is 7.11 Å². The highest BCUT2D eigenvalue weighted by molar-refractivity contribution is 6.30. The molecule has 0 aliphatic heterocycles. The van der Waals surface area contributed by atoms with E-state index in [9.17, 15) is 5.11 Å². The van der Waals surface area contributed by atoms with Crippen molar-refractivity contribution >= 4 is 11.6 Å². The Morgan fingerprint density at radius 3 is 2.35 bits per heavy atom. The van der Waals surface area contributed by atoms with Crippen molar-refractivity contribution in [3.63, 3.8) is 0 Å². The number of benzene rings is 1. The molecule has 5 nitrogen and oxygen atoms in total. The van der Waals surface area contributed by atoms with Crippen molar-refractivity contribution in [2.45, 2.75) is 26.7 Å². The van der Waals surface area contributed by atoms with Crippen molar-refractivity contribution in [3.8, 4) is 11.5 Å². The lowest BCUT2D eigenvalue weighted by atomic mass is 10.2. The molecule has 1 rings (SSSR count). The van der Waals surface area contributed by atoms with Crippen LogP contribution in [0.5, 0.6) is 11.5 Å². The van der Waals surface area contributed by atoms with Gasteiger partial charge >= 0.3 is 0 Å². The number of rotatable bonds is 9. The summed E-state index contributed by atoms with van der Waals surface area (Å²) in [7, 11) is 1.52. The van der Waals surface area contributed by atoms with Gasteiger partial charge in [-0.15, -0.1) is 0 Å². The molecule has 0 saturated carbocycles. The highest BCUT2D eigenvalue weighted by atomic mass is 35.5. The maximum absolute atomic E-state index is 9.38. The minimum Gasteiger partial charge on any atom is -0.493 e. The fourth-order valence-electron chi connectivity index (χ4n) is 1.72. The number of methoxy groups -OCH3 is 1. The molecule has 1 aromatic carbocycles. The molecule has 0 aliphatic rings. The summed E-state index contributed by atoms with van der Waals surface area (Å²) in [5.74, 6) is 0.914. The highest BCUT2D eigenvalue weighted by Crippen LogP contribution is 2.34. The third-order valence-electron chi connectivity index (χ3n) is 2.56. The molecular weight excluding hydrogens is 284 g/mol. The fraction of sp³-hybridized carbons (Fsp3) is 0.571. The zero-order valence-corrected chi connectivity index (χ0v) is 12.8. The molecule has 0 unspecified atom stereocenters. The lowest BCUT2D eigenvalue weighted by Crippen LogP contribution is -2.25. The van der Waals surface area contributed by atoms with E-state index < -0.39 is 6.29 Å². The van der Waals surface area contributed by atoms with Crippen LogP contribution in [0.4, 0.5) is 0 Å². The van der Waals surface area contributed by atoms with E-state index in [1.54, 1.807) is 12.1 Å². The van der Waals surface area contributed by atoms with Gasteiger partial charge in [0.05, 0.1) is 13.7 Å². The molecular formula is C14H21ClO5. The summed E-state index contributed by atoms with van der Waals surface area (Å²) >= 11 is 5.95. The van der Waals surface area contributed by atoms with Crippen molar-refractivity contribution in [2.75, 3.05) is 26.9 Å². The summed E-state index contributed by atoms with van der Waals surface area (Å²) in [6.07, 6.45) is -0.461. The number of hydrogen-bond donors (Lipinski definition) is 1. The molecule has 1 N–H and O–H groups in total. The van der Waals surface area contributed by atoms with Gasteiger partial charge in [-0.05, 0) is 19.9 Å². The van der Waals surface area contributed by atoms with Gasteiger partial charge in [-0.3, -0.25) is 0 Å². The first kappa shape index (κ1) is 17.0. The summed E-state index contributed by atoms with van der Waals surface area (Å²) in [6, 6.07) is 3.27. The van der Waals surface area contributed by atoms with Gasteiger partial charge in [-0.25, -0.2) is 0 Å². The molecule has 0 radical (unpaired) electrons. The van der Waals surface area contributed by atoms with Gasteiger partial charge in [-0.2, -0.15) is 0 Å². The number of hydrogen-bond acceptors (Lipinski definition) is 5. The van der Waals surface area contributed by atoms with Crippen molar-refractivity contribution in [1.82, 2.24) is 0 Å². The minimum absolute atomic E-state index is 0.194. The van der Waals surface area contributed by atoms with Gasteiger partial charge in [0.15, 0.2) is 17.8 Å². The van der Waals surface area contributed by atoms with Crippen molar-refractivity contribution < 1.29 is 24.1 Å². The average molecular weight is 305 g/mol. The Hall–Kier alpha value is -1.01. The van der Waals surface area contributed by atoms with Crippen LogP contribution in [0.1, 0.15) is 19.4 Å². The predicted molar refractivity (Wildman–Crippen MR) is 76.5 cm³/mol.